The third kappa shape index (κ3) is 2.61. The fourth-order valence-electron chi connectivity index (χ4n) is 2.50. The number of aromatic nitrogens is 2. The number of para-hydroxylation sites is 2. The second-order valence-electron chi connectivity index (χ2n) is 5.08. The molecule has 0 saturated heterocycles. The summed E-state index contributed by atoms with van der Waals surface area (Å²) in [5.74, 6) is 0.767. The maximum Gasteiger partial charge on any atom is 0.129 e. The molecule has 3 aromatic rings. The maximum atomic E-state index is 13.6. The predicted octanol–water partition coefficient (Wildman–Crippen LogP) is 4.12. The summed E-state index contributed by atoms with van der Waals surface area (Å²) >= 11 is 0. The third-order valence-corrected chi connectivity index (χ3v) is 3.67. The van der Waals surface area contributed by atoms with Crippen molar-refractivity contribution in [2.75, 3.05) is 5.32 Å². The molecule has 0 saturated carbocycles. The molecular weight excluding hydrogens is 265 g/mol. The number of imidazole rings is 1. The van der Waals surface area contributed by atoms with E-state index in [0.29, 0.717) is 12.1 Å². The molecule has 3 rings (SSSR count). The van der Waals surface area contributed by atoms with Gasteiger partial charge in [-0.25, -0.2) is 9.37 Å². The number of hydrogen-bond acceptors (Lipinski definition) is 2. The molecule has 108 valence electrons. The highest BCUT2D eigenvalue weighted by Crippen LogP contribution is 2.18. The van der Waals surface area contributed by atoms with Crippen molar-refractivity contribution < 1.29 is 4.39 Å². The minimum Gasteiger partial charge on any atom is -0.378 e. The molecule has 0 bridgehead atoms. The SMILES string of the molecule is CCn1c(CNc2ccc(C)c(F)c2)nc2ccccc21. The first-order valence-electron chi connectivity index (χ1n) is 7.13. The molecule has 0 spiro atoms. The van der Waals surface area contributed by atoms with Crippen LogP contribution in [0.15, 0.2) is 42.5 Å². The van der Waals surface area contributed by atoms with Gasteiger partial charge in [0.25, 0.3) is 0 Å². The molecular formula is C17H18FN3. The van der Waals surface area contributed by atoms with E-state index >= 15 is 0 Å². The average molecular weight is 283 g/mol. The lowest BCUT2D eigenvalue weighted by atomic mass is 10.2. The van der Waals surface area contributed by atoms with Crippen LogP contribution in [0.2, 0.25) is 0 Å². The van der Waals surface area contributed by atoms with E-state index in [1.807, 2.05) is 24.3 Å². The first-order valence-corrected chi connectivity index (χ1v) is 7.13. The van der Waals surface area contributed by atoms with E-state index in [0.717, 1.165) is 29.1 Å². The van der Waals surface area contributed by atoms with Crippen molar-refractivity contribution >= 4 is 16.7 Å². The number of nitrogens with zero attached hydrogens (tertiary/aromatic N) is 2. The molecule has 1 N–H and O–H groups in total. The summed E-state index contributed by atoms with van der Waals surface area (Å²) in [6.07, 6.45) is 0. The third-order valence-electron chi connectivity index (χ3n) is 3.67. The molecule has 0 aliphatic heterocycles. The summed E-state index contributed by atoms with van der Waals surface area (Å²) < 4.78 is 15.7. The van der Waals surface area contributed by atoms with Gasteiger partial charge in [-0.1, -0.05) is 18.2 Å². The lowest BCUT2D eigenvalue weighted by Crippen LogP contribution is -2.08. The molecule has 1 aromatic heterocycles. The summed E-state index contributed by atoms with van der Waals surface area (Å²) in [4.78, 5) is 4.65. The zero-order valence-corrected chi connectivity index (χ0v) is 12.2. The Bertz CT molecular complexity index is 777. The first-order chi connectivity index (χ1) is 10.2. The van der Waals surface area contributed by atoms with Gasteiger partial charge in [-0.2, -0.15) is 0 Å². The molecule has 4 heteroatoms. The molecule has 2 aromatic carbocycles. The van der Waals surface area contributed by atoms with Gasteiger partial charge in [0, 0.05) is 12.2 Å². The van der Waals surface area contributed by atoms with Crippen molar-refractivity contribution in [2.45, 2.75) is 26.9 Å². The van der Waals surface area contributed by atoms with E-state index in [1.54, 1.807) is 13.0 Å². The van der Waals surface area contributed by atoms with Crippen molar-refractivity contribution in [3.05, 3.63) is 59.7 Å². The van der Waals surface area contributed by atoms with Gasteiger partial charge in [0.05, 0.1) is 17.6 Å². The number of aryl methyl sites for hydroxylation is 2. The number of anilines is 1. The number of nitrogens with one attached hydrogen (secondary N) is 1. The molecule has 21 heavy (non-hydrogen) atoms. The Balaban J connectivity index is 1.86. The lowest BCUT2D eigenvalue weighted by Gasteiger charge is -2.09. The van der Waals surface area contributed by atoms with E-state index in [-0.39, 0.29) is 5.82 Å². The zero-order chi connectivity index (χ0) is 14.8. The van der Waals surface area contributed by atoms with Gasteiger partial charge in [0.15, 0.2) is 0 Å². The molecule has 0 radical (unpaired) electrons. The van der Waals surface area contributed by atoms with Crippen LogP contribution < -0.4 is 5.32 Å². The van der Waals surface area contributed by atoms with Gasteiger partial charge in [0.1, 0.15) is 11.6 Å². The van der Waals surface area contributed by atoms with Crippen LogP contribution in [-0.4, -0.2) is 9.55 Å². The normalized spacial score (nSPS) is 11.0. The number of benzene rings is 2. The van der Waals surface area contributed by atoms with E-state index in [9.17, 15) is 4.39 Å². The largest absolute Gasteiger partial charge is 0.378 e. The smallest absolute Gasteiger partial charge is 0.129 e. The highest BCUT2D eigenvalue weighted by molar-refractivity contribution is 5.75. The lowest BCUT2D eigenvalue weighted by molar-refractivity contribution is 0.619. The fraction of sp³-hybridized carbons (Fsp3) is 0.235. The van der Waals surface area contributed by atoms with Gasteiger partial charge >= 0.3 is 0 Å². The highest BCUT2D eigenvalue weighted by atomic mass is 19.1. The molecule has 3 nitrogen and oxygen atoms in total. The number of hydrogen-bond donors (Lipinski definition) is 1. The van der Waals surface area contributed by atoms with Gasteiger partial charge < -0.3 is 9.88 Å². The summed E-state index contributed by atoms with van der Waals surface area (Å²) in [5.41, 5.74) is 3.55. The van der Waals surface area contributed by atoms with Crippen molar-refractivity contribution in [2.24, 2.45) is 0 Å². The van der Waals surface area contributed by atoms with Crippen LogP contribution in [0.1, 0.15) is 18.3 Å². The van der Waals surface area contributed by atoms with Crippen LogP contribution in [-0.2, 0) is 13.1 Å². The number of rotatable bonds is 4. The summed E-state index contributed by atoms with van der Waals surface area (Å²) in [5, 5.41) is 3.24. The van der Waals surface area contributed by atoms with Crippen LogP contribution in [0, 0.1) is 12.7 Å². The standard InChI is InChI=1S/C17H18FN3/c1-3-21-16-7-5-4-6-15(16)20-17(21)11-19-13-9-8-12(2)14(18)10-13/h4-10,19H,3,11H2,1-2H3. The molecule has 0 amide bonds. The van der Waals surface area contributed by atoms with Gasteiger partial charge in [0.2, 0.25) is 0 Å². The second-order valence-corrected chi connectivity index (χ2v) is 5.08. The Morgan fingerprint density at radius 1 is 1.19 bits per heavy atom. The van der Waals surface area contributed by atoms with Gasteiger partial charge in [-0.15, -0.1) is 0 Å². The minimum absolute atomic E-state index is 0.191. The Labute approximate surface area is 123 Å². The quantitative estimate of drug-likeness (QED) is 0.780. The summed E-state index contributed by atoms with van der Waals surface area (Å²) in [6.45, 7) is 5.30. The minimum atomic E-state index is -0.191. The molecule has 1 heterocycles. The van der Waals surface area contributed by atoms with Gasteiger partial charge in [-0.05, 0) is 43.7 Å². The topological polar surface area (TPSA) is 29.9 Å². The number of fused-ring (bicyclic) bond motifs is 1. The van der Waals surface area contributed by atoms with E-state index in [2.05, 4.69) is 27.9 Å². The maximum absolute atomic E-state index is 13.6. The molecule has 0 unspecified atom stereocenters. The molecule has 0 aliphatic rings. The predicted molar refractivity (Wildman–Crippen MR) is 83.9 cm³/mol. The Morgan fingerprint density at radius 3 is 2.76 bits per heavy atom. The monoisotopic (exact) mass is 283 g/mol. The summed E-state index contributed by atoms with van der Waals surface area (Å²) in [7, 11) is 0. The van der Waals surface area contributed by atoms with Gasteiger partial charge in [-0.3, -0.25) is 0 Å². The van der Waals surface area contributed by atoms with Crippen molar-refractivity contribution in [1.29, 1.82) is 0 Å². The number of halogens is 1. The first kappa shape index (κ1) is 13.6. The van der Waals surface area contributed by atoms with E-state index < -0.39 is 0 Å². The van der Waals surface area contributed by atoms with Crippen LogP contribution in [0.3, 0.4) is 0 Å². The second kappa shape index (κ2) is 5.56. The van der Waals surface area contributed by atoms with Crippen molar-refractivity contribution in [1.82, 2.24) is 9.55 Å². The average Bonchev–Trinajstić information content (AvgIpc) is 2.86. The van der Waals surface area contributed by atoms with Crippen LogP contribution >= 0.6 is 0 Å². The van der Waals surface area contributed by atoms with Crippen LogP contribution in [0.5, 0.6) is 0 Å². The van der Waals surface area contributed by atoms with Crippen LogP contribution in [0.25, 0.3) is 11.0 Å². The molecule has 0 fully saturated rings. The fourth-order valence-corrected chi connectivity index (χ4v) is 2.50. The highest BCUT2D eigenvalue weighted by Gasteiger charge is 2.08. The molecule has 0 atom stereocenters. The Morgan fingerprint density at radius 2 is 2.00 bits per heavy atom. The summed E-state index contributed by atoms with van der Waals surface area (Å²) in [6, 6.07) is 13.3. The van der Waals surface area contributed by atoms with Crippen molar-refractivity contribution in [3.8, 4) is 0 Å². The molecule has 0 aliphatic carbocycles. The van der Waals surface area contributed by atoms with E-state index in [1.165, 1.54) is 6.07 Å². The Kier molecular flexibility index (Phi) is 3.60. The van der Waals surface area contributed by atoms with Crippen molar-refractivity contribution in [3.63, 3.8) is 0 Å². The Hall–Kier alpha value is -2.36. The van der Waals surface area contributed by atoms with E-state index in [4.69, 9.17) is 0 Å². The van der Waals surface area contributed by atoms with Crippen LogP contribution in [0.4, 0.5) is 10.1 Å². The zero-order valence-electron chi connectivity index (χ0n) is 12.2.